The maximum atomic E-state index is 4.27. The first-order chi connectivity index (χ1) is 7.22. The fourth-order valence-electron chi connectivity index (χ4n) is 1.96. The Morgan fingerprint density at radius 2 is 2.07 bits per heavy atom. The molecule has 0 aromatic carbocycles. The highest BCUT2D eigenvalue weighted by Crippen LogP contribution is 2.24. The highest BCUT2D eigenvalue weighted by atomic mass is 15.4. The van der Waals surface area contributed by atoms with Gasteiger partial charge in [-0.05, 0) is 30.9 Å². The lowest BCUT2D eigenvalue weighted by Gasteiger charge is -2.07. The topological polar surface area (TPSA) is 30.2 Å². The van der Waals surface area contributed by atoms with Gasteiger partial charge in [0, 0.05) is 5.56 Å². The van der Waals surface area contributed by atoms with Crippen molar-refractivity contribution in [2.45, 2.75) is 39.5 Å². The lowest BCUT2D eigenvalue weighted by atomic mass is 9.98. The molecule has 0 N–H and O–H groups in total. The highest BCUT2D eigenvalue weighted by Gasteiger charge is 2.11. The molecule has 2 heterocycles. The van der Waals surface area contributed by atoms with Crippen molar-refractivity contribution in [3.05, 3.63) is 29.6 Å². The summed E-state index contributed by atoms with van der Waals surface area (Å²) in [7, 11) is 0. The van der Waals surface area contributed by atoms with Gasteiger partial charge in [0.2, 0.25) is 0 Å². The average Bonchev–Trinajstić information content (AvgIpc) is 2.60. The van der Waals surface area contributed by atoms with Gasteiger partial charge in [-0.1, -0.05) is 20.3 Å². The Labute approximate surface area is 90.1 Å². The molecule has 0 saturated heterocycles. The van der Waals surface area contributed by atoms with Gasteiger partial charge in [0.25, 0.3) is 0 Å². The van der Waals surface area contributed by atoms with E-state index in [1.165, 1.54) is 24.0 Å². The summed E-state index contributed by atoms with van der Waals surface area (Å²) in [5, 5.41) is 8.52. The van der Waals surface area contributed by atoms with Crippen LogP contribution < -0.4 is 0 Å². The third-order valence-corrected chi connectivity index (χ3v) is 2.81. The SMILES string of the molecule is CCCC(C)c1cnn2ncc(C)cc12. The Kier molecular flexibility index (Phi) is 2.71. The molecule has 80 valence electrons. The molecule has 2 aromatic rings. The minimum absolute atomic E-state index is 0.566. The van der Waals surface area contributed by atoms with Gasteiger partial charge < -0.3 is 0 Å². The molecule has 2 rings (SSSR count). The second-order valence-electron chi connectivity index (χ2n) is 4.20. The first-order valence-electron chi connectivity index (χ1n) is 5.53. The largest absolute Gasteiger partial charge is 0.158 e. The number of aryl methyl sites for hydroxylation is 1. The van der Waals surface area contributed by atoms with Crippen LogP contribution in [0.2, 0.25) is 0 Å². The zero-order valence-electron chi connectivity index (χ0n) is 9.57. The van der Waals surface area contributed by atoms with Crippen molar-refractivity contribution in [2.24, 2.45) is 0 Å². The van der Waals surface area contributed by atoms with Gasteiger partial charge in [0.15, 0.2) is 0 Å². The van der Waals surface area contributed by atoms with Crippen molar-refractivity contribution in [1.82, 2.24) is 14.8 Å². The lowest BCUT2D eigenvalue weighted by molar-refractivity contribution is 0.668. The number of aromatic nitrogens is 3. The molecule has 0 aliphatic heterocycles. The molecular weight excluding hydrogens is 186 g/mol. The molecule has 15 heavy (non-hydrogen) atoms. The smallest absolute Gasteiger partial charge is 0.0910 e. The van der Waals surface area contributed by atoms with E-state index in [1.54, 1.807) is 4.63 Å². The second kappa shape index (κ2) is 4.01. The monoisotopic (exact) mass is 203 g/mol. The van der Waals surface area contributed by atoms with Crippen LogP contribution in [0.15, 0.2) is 18.5 Å². The van der Waals surface area contributed by atoms with E-state index in [0.29, 0.717) is 5.92 Å². The average molecular weight is 203 g/mol. The predicted molar refractivity (Wildman–Crippen MR) is 61.0 cm³/mol. The standard InChI is InChI=1S/C12H17N3/c1-4-5-10(3)11-8-14-15-12(11)6-9(2)7-13-15/h6-8,10H,4-5H2,1-3H3. The molecule has 0 bridgehead atoms. The zero-order valence-corrected chi connectivity index (χ0v) is 9.57. The van der Waals surface area contributed by atoms with E-state index < -0.39 is 0 Å². The van der Waals surface area contributed by atoms with Gasteiger partial charge >= 0.3 is 0 Å². The van der Waals surface area contributed by atoms with Gasteiger partial charge in [0.1, 0.15) is 0 Å². The first-order valence-corrected chi connectivity index (χ1v) is 5.53. The molecule has 0 amide bonds. The molecule has 3 nitrogen and oxygen atoms in total. The van der Waals surface area contributed by atoms with Gasteiger partial charge in [-0.3, -0.25) is 0 Å². The van der Waals surface area contributed by atoms with Gasteiger partial charge in [-0.2, -0.15) is 14.8 Å². The summed E-state index contributed by atoms with van der Waals surface area (Å²) in [6.07, 6.45) is 6.20. The summed E-state index contributed by atoms with van der Waals surface area (Å²) < 4.78 is 1.72. The van der Waals surface area contributed by atoms with Crippen LogP contribution in [0, 0.1) is 6.92 Å². The fraction of sp³-hybridized carbons (Fsp3) is 0.500. The summed E-state index contributed by atoms with van der Waals surface area (Å²) >= 11 is 0. The van der Waals surface area contributed by atoms with E-state index in [0.717, 1.165) is 5.52 Å². The number of hydrogen-bond acceptors (Lipinski definition) is 2. The minimum Gasteiger partial charge on any atom is -0.158 e. The summed E-state index contributed by atoms with van der Waals surface area (Å²) in [6.45, 7) is 6.53. The van der Waals surface area contributed by atoms with Crippen LogP contribution in [-0.4, -0.2) is 14.8 Å². The van der Waals surface area contributed by atoms with Crippen LogP contribution in [0.5, 0.6) is 0 Å². The van der Waals surface area contributed by atoms with E-state index >= 15 is 0 Å². The molecule has 0 saturated carbocycles. The van der Waals surface area contributed by atoms with Gasteiger partial charge in [0.05, 0.1) is 17.9 Å². The zero-order chi connectivity index (χ0) is 10.8. The number of nitrogens with zero attached hydrogens (tertiary/aromatic N) is 3. The molecule has 2 aromatic heterocycles. The van der Waals surface area contributed by atoms with E-state index in [1.807, 2.05) is 12.4 Å². The molecule has 0 aliphatic rings. The lowest BCUT2D eigenvalue weighted by Crippen LogP contribution is -1.96. The molecule has 0 radical (unpaired) electrons. The maximum absolute atomic E-state index is 4.27. The quantitative estimate of drug-likeness (QED) is 0.767. The van der Waals surface area contributed by atoms with Gasteiger partial charge in [-0.15, -0.1) is 0 Å². The number of fused-ring (bicyclic) bond motifs is 1. The van der Waals surface area contributed by atoms with Crippen LogP contribution in [0.25, 0.3) is 5.52 Å². The van der Waals surface area contributed by atoms with Crippen LogP contribution >= 0.6 is 0 Å². The summed E-state index contributed by atoms with van der Waals surface area (Å²) in [4.78, 5) is 0. The van der Waals surface area contributed by atoms with E-state index in [4.69, 9.17) is 0 Å². The Morgan fingerprint density at radius 3 is 2.80 bits per heavy atom. The Bertz CT molecular complexity index is 459. The van der Waals surface area contributed by atoms with Crippen molar-refractivity contribution < 1.29 is 0 Å². The van der Waals surface area contributed by atoms with E-state index in [-0.39, 0.29) is 0 Å². The Morgan fingerprint density at radius 1 is 1.33 bits per heavy atom. The molecule has 3 heteroatoms. The second-order valence-corrected chi connectivity index (χ2v) is 4.20. The summed E-state index contributed by atoms with van der Waals surface area (Å²) in [6, 6.07) is 2.15. The molecule has 1 unspecified atom stereocenters. The summed E-state index contributed by atoms with van der Waals surface area (Å²) in [5.74, 6) is 0.566. The molecule has 0 aliphatic carbocycles. The van der Waals surface area contributed by atoms with Crippen molar-refractivity contribution in [1.29, 1.82) is 0 Å². The van der Waals surface area contributed by atoms with Crippen molar-refractivity contribution in [3.8, 4) is 0 Å². The minimum atomic E-state index is 0.566. The van der Waals surface area contributed by atoms with Gasteiger partial charge in [-0.25, -0.2) is 0 Å². The Balaban J connectivity index is 2.47. The number of hydrogen-bond donors (Lipinski definition) is 0. The fourth-order valence-corrected chi connectivity index (χ4v) is 1.96. The predicted octanol–water partition coefficient (Wildman–Crippen LogP) is 2.94. The normalized spacial score (nSPS) is 13.3. The third kappa shape index (κ3) is 1.87. The van der Waals surface area contributed by atoms with Crippen molar-refractivity contribution in [3.63, 3.8) is 0 Å². The third-order valence-electron chi connectivity index (χ3n) is 2.81. The highest BCUT2D eigenvalue weighted by molar-refractivity contribution is 5.55. The van der Waals surface area contributed by atoms with Crippen LogP contribution in [-0.2, 0) is 0 Å². The first kappa shape index (κ1) is 10.1. The van der Waals surface area contributed by atoms with Crippen LogP contribution in [0.1, 0.15) is 43.7 Å². The van der Waals surface area contributed by atoms with E-state index in [9.17, 15) is 0 Å². The summed E-state index contributed by atoms with van der Waals surface area (Å²) in [5.41, 5.74) is 3.65. The van der Waals surface area contributed by atoms with Crippen LogP contribution in [0.4, 0.5) is 0 Å². The molecular formula is C12H17N3. The van der Waals surface area contributed by atoms with Crippen molar-refractivity contribution in [2.75, 3.05) is 0 Å². The van der Waals surface area contributed by atoms with Crippen LogP contribution in [0.3, 0.4) is 0 Å². The maximum Gasteiger partial charge on any atom is 0.0910 e. The van der Waals surface area contributed by atoms with Crippen molar-refractivity contribution >= 4 is 5.52 Å². The number of rotatable bonds is 3. The molecule has 1 atom stereocenters. The molecule has 0 spiro atoms. The Hall–Kier alpha value is -1.38. The molecule has 0 fully saturated rings. The van der Waals surface area contributed by atoms with E-state index in [2.05, 4.69) is 37.0 Å².